The number of nitrogens with two attached hydrogens (primary N) is 2. The van der Waals surface area contributed by atoms with E-state index >= 15 is 0 Å². The quantitative estimate of drug-likeness (QED) is 0.146. The van der Waals surface area contributed by atoms with E-state index in [2.05, 4.69) is 10.3 Å². The summed E-state index contributed by atoms with van der Waals surface area (Å²) in [5.41, 5.74) is 11.5. The lowest BCUT2D eigenvalue weighted by molar-refractivity contribution is -0.276. The third kappa shape index (κ3) is 7.52. The van der Waals surface area contributed by atoms with E-state index in [9.17, 15) is 15.3 Å². The zero-order valence-electron chi connectivity index (χ0n) is 16.6. The molecule has 1 aliphatic heterocycles. The van der Waals surface area contributed by atoms with Crippen molar-refractivity contribution in [2.45, 2.75) is 56.8 Å². The lowest BCUT2D eigenvalue weighted by Gasteiger charge is -2.43. The third-order valence-corrected chi connectivity index (χ3v) is 4.51. The molecular formula is C19H32N4O6. The SMILES string of the molecule is CCOC1OC(COCc2ccccc2)C(O)C(O)C1N[C@H](O)CCN=C(N)N. The molecule has 1 aromatic carbocycles. The van der Waals surface area contributed by atoms with Crippen molar-refractivity contribution in [3.8, 4) is 0 Å². The van der Waals surface area contributed by atoms with Crippen LogP contribution in [0.2, 0.25) is 0 Å². The van der Waals surface area contributed by atoms with Crippen molar-refractivity contribution in [1.29, 1.82) is 0 Å². The van der Waals surface area contributed by atoms with E-state index < -0.39 is 36.9 Å². The molecule has 1 aliphatic rings. The van der Waals surface area contributed by atoms with Crippen LogP contribution in [0.25, 0.3) is 0 Å². The van der Waals surface area contributed by atoms with Gasteiger partial charge in [0.25, 0.3) is 0 Å². The molecule has 29 heavy (non-hydrogen) atoms. The van der Waals surface area contributed by atoms with Gasteiger partial charge in [0.05, 0.1) is 19.3 Å². The average molecular weight is 412 g/mol. The van der Waals surface area contributed by atoms with Gasteiger partial charge in [-0.2, -0.15) is 0 Å². The van der Waals surface area contributed by atoms with Gasteiger partial charge in [-0.05, 0) is 12.5 Å². The number of rotatable bonds is 11. The maximum absolute atomic E-state index is 10.6. The number of ether oxygens (including phenoxy) is 3. The van der Waals surface area contributed by atoms with Crippen LogP contribution in [0.4, 0.5) is 0 Å². The molecule has 8 N–H and O–H groups in total. The average Bonchev–Trinajstić information content (AvgIpc) is 2.69. The Kier molecular flexibility index (Phi) is 9.74. The minimum Gasteiger partial charge on any atom is -0.388 e. The smallest absolute Gasteiger partial charge is 0.185 e. The van der Waals surface area contributed by atoms with Gasteiger partial charge in [0.2, 0.25) is 0 Å². The number of aliphatic imine (C=N–C) groups is 1. The second-order valence-corrected chi connectivity index (χ2v) is 6.78. The predicted molar refractivity (Wildman–Crippen MR) is 107 cm³/mol. The van der Waals surface area contributed by atoms with Crippen LogP contribution in [0.1, 0.15) is 18.9 Å². The molecule has 1 aromatic rings. The fourth-order valence-electron chi connectivity index (χ4n) is 3.04. The minimum atomic E-state index is -1.23. The van der Waals surface area contributed by atoms with Gasteiger partial charge in [0.1, 0.15) is 24.5 Å². The van der Waals surface area contributed by atoms with Gasteiger partial charge in [-0.3, -0.25) is 10.3 Å². The van der Waals surface area contributed by atoms with Crippen molar-refractivity contribution in [1.82, 2.24) is 5.32 Å². The molecule has 0 saturated carbocycles. The zero-order chi connectivity index (χ0) is 21.2. The summed E-state index contributed by atoms with van der Waals surface area (Å²) in [4.78, 5) is 3.80. The van der Waals surface area contributed by atoms with E-state index in [1.807, 2.05) is 30.3 Å². The first-order chi connectivity index (χ1) is 13.9. The topological polar surface area (TPSA) is 165 Å². The van der Waals surface area contributed by atoms with Crippen molar-refractivity contribution in [3.05, 3.63) is 35.9 Å². The molecular weight excluding hydrogens is 380 g/mol. The maximum atomic E-state index is 10.6. The Morgan fingerprint density at radius 3 is 2.62 bits per heavy atom. The van der Waals surface area contributed by atoms with Crippen LogP contribution in [0.15, 0.2) is 35.3 Å². The lowest BCUT2D eigenvalue weighted by Crippen LogP contribution is -2.65. The number of aliphatic hydroxyl groups excluding tert-OH is 3. The summed E-state index contributed by atoms with van der Waals surface area (Å²) in [7, 11) is 0. The summed E-state index contributed by atoms with van der Waals surface area (Å²) in [6.07, 6.45) is -4.92. The Labute approximate surface area is 170 Å². The lowest BCUT2D eigenvalue weighted by atomic mass is 9.96. The van der Waals surface area contributed by atoms with Gasteiger partial charge in [-0.25, -0.2) is 0 Å². The van der Waals surface area contributed by atoms with E-state index in [1.165, 1.54) is 0 Å². The first-order valence-corrected chi connectivity index (χ1v) is 9.66. The molecule has 10 heteroatoms. The van der Waals surface area contributed by atoms with Gasteiger partial charge in [0.15, 0.2) is 12.2 Å². The Hall–Kier alpha value is -1.79. The summed E-state index contributed by atoms with van der Waals surface area (Å²) < 4.78 is 17.0. The van der Waals surface area contributed by atoms with Crippen molar-refractivity contribution >= 4 is 5.96 Å². The van der Waals surface area contributed by atoms with Crippen LogP contribution in [-0.4, -0.2) is 77.9 Å². The summed E-state index contributed by atoms with van der Waals surface area (Å²) in [6.45, 7) is 2.75. The van der Waals surface area contributed by atoms with Crippen molar-refractivity contribution in [2.24, 2.45) is 16.5 Å². The second-order valence-electron chi connectivity index (χ2n) is 6.78. The number of nitrogens with one attached hydrogen (secondary N) is 1. The van der Waals surface area contributed by atoms with Crippen molar-refractivity contribution < 1.29 is 29.5 Å². The Balaban J connectivity index is 1.91. The largest absolute Gasteiger partial charge is 0.388 e. The third-order valence-electron chi connectivity index (χ3n) is 4.51. The summed E-state index contributed by atoms with van der Waals surface area (Å²) >= 11 is 0. The molecule has 0 aliphatic carbocycles. The van der Waals surface area contributed by atoms with Crippen LogP contribution in [0, 0.1) is 0 Å². The number of guanidine groups is 1. The van der Waals surface area contributed by atoms with Gasteiger partial charge < -0.3 is 41.0 Å². The highest BCUT2D eigenvalue weighted by atomic mass is 16.7. The number of nitrogens with zero attached hydrogens (tertiary/aromatic N) is 1. The molecule has 0 aromatic heterocycles. The molecule has 164 valence electrons. The monoisotopic (exact) mass is 412 g/mol. The molecule has 0 radical (unpaired) electrons. The highest BCUT2D eigenvalue weighted by molar-refractivity contribution is 5.75. The second kappa shape index (κ2) is 12.0. The molecule has 0 spiro atoms. The highest BCUT2D eigenvalue weighted by Crippen LogP contribution is 2.23. The maximum Gasteiger partial charge on any atom is 0.185 e. The fraction of sp³-hybridized carbons (Fsp3) is 0.632. The van der Waals surface area contributed by atoms with Crippen LogP contribution in [-0.2, 0) is 20.8 Å². The van der Waals surface area contributed by atoms with Crippen LogP contribution < -0.4 is 16.8 Å². The van der Waals surface area contributed by atoms with Crippen LogP contribution in [0.5, 0.6) is 0 Å². The van der Waals surface area contributed by atoms with E-state index in [0.717, 1.165) is 5.56 Å². The number of benzene rings is 1. The van der Waals surface area contributed by atoms with Crippen LogP contribution >= 0.6 is 0 Å². The minimum absolute atomic E-state index is 0.0702. The van der Waals surface area contributed by atoms with Gasteiger partial charge >= 0.3 is 0 Å². The molecule has 0 bridgehead atoms. The molecule has 1 saturated heterocycles. The molecule has 1 heterocycles. The van der Waals surface area contributed by atoms with E-state index in [1.54, 1.807) is 6.92 Å². The Bertz CT molecular complexity index is 616. The van der Waals surface area contributed by atoms with Gasteiger partial charge in [-0.1, -0.05) is 30.3 Å². The predicted octanol–water partition coefficient (Wildman–Crippen LogP) is -1.37. The highest BCUT2D eigenvalue weighted by Gasteiger charge is 2.45. The molecule has 5 unspecified atom stereocenters. The molecule has 6 atom stereocenters. The van der Waals surface area contributed by atoms with E-state index in [-0.39, 0.29) is 25.5 Å². The van der Waals surface area contributed by atoms with E-state index in [0.29, 0.717) is 13.2 Å². The fourth-order valence-corrected chi connectivity index (χ4v) is 3.04. The van der Waals surface area contributed by atoms with E-state index in [4.69, 9.17) is 25.7 Å². The van der Waals surface area contributed by atoms with Gasteiger partial charge in [0, 0.05) is 19.6 Å². The zero-order valence-corrected chi connectivity index (χ0v) is 16.6. The summed E-state index contributed by atoms with van der Waals surface area (Å²) in [5.74, 6) is -0.0702. The molecule has 1 fully saturated rings. The summed E-state index contributed by atoms with van der Waals surface area (Å²) in [5, 5.41) is 34.0. The normalized spacial score (nSPS) is 28.1. The summed E-state index contributed by atoms with van der Waals surface area (Å²) in [6, 6.07) is 8.76. The van der Waals surface area contributed by atoms with Gasteiger partial charge in [-0.15, -0.1) is 0 Å². The molecule has 2 rings (SSSR count). The first-order valence-electron chi connectivity index (χ1n) is 9.66. The Morgan fingerprint density at radius 1 is 1.24 bits per heavy atom. The Morgan fingerprint density at radius 2 is 1.97 bits per heavy atom. The van der Waals surface area contributed by atoms with Crippen molar-refractivity contribution in [3.63, 3.8) is 0 Å². The number of hydrogen-bond acceptors (Lipinski definition) is 8. The van der Waals surface area contributed by atoms with Crippen molar-refractivity contribution in [2.75, 3.05) is 19.8 Å². The molecule has 0 amide bonds. The standard InChI is InChI=1S/C19H32N4O6/c1-2-28-18-15(23-14(24)8-9-22-19(20)21)17(26)16(25)13(29-18)11-27-10-12-6-4-3-5-7-12/h3-7,13-18,23-26H,2,8-11H2,1H3,(H4,20,21,22)/t13?,14-,15?,16?,17?,18?/m1/s1. The molecule has 10 nitrogen and oxygen atoms in total. The van der Waals surface area contributed by atoms with Crippen LogP contribution in [0.3, 0.4) is 0 Å². The number of hydrogen-bond donors (Lipinski definition) is 6. The number of aliphatic hydroxyl groups is 3. The first kappa shape index (κ1) is 23.5.